The molecule has 0 bridgehead atoms. The van der Waals surface area contributed by atoms with Crippen molar-refractivity contribution >= 4 is 11.9 Å². The van der Waals surface area contributed by atoms with Crippen molar-refractivity contribution in [3.8, 4) is 0 Å². The second-order valence-corrected chi connectivity index (χ2v) is 5.85. The number of nitrogens with zero attached hydrogens (tertiary/aromatic N) is 2. The molecular weight excluding hydrogens is 240 g/mol. The zero-order valence-electron chi connectivity index (χ0n) is 12.7. The molecule has 1 fully saturated rings. The highest BCUT2D eigenvalue weighted by atomic mass is 16.2. The van der Waals surface area contributed by atoms with Crippen molar-refractivity contribution in [2.75, 3.05) is 27.2 Å². The Kier molecular flexibility index (Phi) is 6.67. The summed E-state index contributed by atoms with van der Waals surface area (Å²) in [6, 6.07) is 0.507. The van der Waals surface area contributed by atoms with Gasteiger partial charge in [0.1, 0.15) is 6.54 Å². The summed E-state index contributed by atoms with van der Waals surface area (Å²) in [5, 5.41) is 6.74. The second kappa shape index (κ2) is 8.02. The Bertz CT molecular complexity index is 307. The average Bonchev–Trinajstić information content (AvgIpc) is 2.84. The van der Waals surface area contributed by atoms with Crippen LogP contribution in [0.5, 0.6) is 0 Å². The zero-order chi connectivity index (χ0) is 14.3. The third-order valence-corrected chi connectivity index (χ3v) is 3.25. The normalized spacial score (nSPS) is 16.8. The molecule has 1 aliphatic carbocycles. The Hall–Kier alpha value is -1.26. The predicted octanol–water partition coefficient (Wildman–Crippen LogP) is 1.21. The lowest BCUT2D eigenvalue weighted by atomic mass is 10.2. The Labute approximate surface area is 116 Å². The van der Waals surface area contributed by atoms with E-state index in [4.69, 9.17) is 0 Å². The number of likely N-dealkylation sites (N-methyl/N-ethyl adjacent to an activating group) is 1. The maximum atomic E-state index is 11.6. The van der Waals surface area contributed by atoms with Crippen molar-refractivity contribution in [3.63, 3.8) is 0 Å². The van der Waals surface area contributed by atoms with Crippen molar-refractivity contribution in [2.24, 2.45) is 10.9 Å². The van der Waals surface area contributed by atoms with Crippen LogP contribution in [0.15, 0.2) is 4.99 Å². The molecule has 0 aliphatic heterocycles. The molecule has 0 saturated heterocycles. The van der Waals surface area contributed by atoms with Gasteiger partial charge in [0, 0.05) is 26.7 Å². The SMILES string of the molecule is CC(C)CNC(=NCC(=O)N(C)C)NC1CCCC1. The van der Waals surface area contributed by atoms with Gasteiger partial charge < -0.3 is 15.5 Å². The van der Waals surface area contributed by atoms with E-state index in [1.54, 1.807) is 19.0 Å². The number of guanidine groups is 1. The molecule has 0 atom stereocenters. The largest absolute Gasteiger partial charge is 0.356 e. The smallest absolute Gasteiger partial charge is 0.243 e. The third-order valence-electron chi connectivity index (χ3n) is 3.25. The summed E-state index contributed by atoms with van der Waals surface area (Å²) >= 11 is 0. The molecular formula is C14H28N4O. The molecule has 19 heavy (non-hydrogen) atoms. The molecule has 0 aromatic heterocycles. The molecule has 0 aromatic rings. The van der Waals surface area contributed by atoms with Gasteiger partial charge in [0.2, 0.25) is 5.91 Å². The molecule has 5 nitrogen and oxygen atoms in total. The summed E-state index contributed by atoms with van der Waals surface area (Å²) in [5.41, 5.74) is 0. The molecule has 0 aromatic carbocycles. The fourth-order valence-electron chi connectivity index (χ4n) is 2.00. The quantitative estimate of drug-likeness (QED) is 0.582. The van der Waals surface area contributed by atoms with E-state index in [1.165, 1.54) is 25.7 Å². The van der Waals surface area contributed by atoms with Crippen LogP contribution in [0.1, 0.15) is 39.5 Å². The molecule has 1 saturated carbocycles. The highest BCUT2D eigenvalue weighted by Gasteiger charge is 2.16. The number of amides is 1. The van der Waals surface area contributed by atoms with Crippen LogP contribution in [-0.2, 0) is 4.79 Å². The molecule has 0 unspecified atom stereocenters. The van der Waals surface area contributed by atoms with Gasteiger partial charge in [-0.1, -0.05) is 26.7 Å². The first-order valence-corrected chi connectivity index (χ1v) is 7.24. The number of hydrogen-bond donors (Lipinski definition) is 2. The highest BCUT2D eigenvalue weighted by Crippen LogP contribution is 2.17. The molecule has 1 amide bonds. The minimum absolute atomic E-state index is 0.0251. The summed E-state index contributed by atoms with van der Waals surface area (Å²) in [6.45, 7) is 5.39. The Balaban J connectivity index is 2.51. The minimum Gasteiger partial charge on any atom is -0.356 e. The Morgan fingerprint density at radius 3 is 2.47 bits per heavy atom. The summed E-state index contributed by atoms with van der Waals surface area (Å²) in [5.74, 6) is 1.35. The second-order valence-electron chi connectivity index (χ2n) is 5.85. The molecule has 2 N–H and O–H groups in total. The summed E-state index contributed by atoms with van der Waals surface area (Å²) in [7, 11) is 3.51. The van der Waals surface area contributed by atoms with Crippen LogP contribution in [0, 0.1) is 5.92 Å². The van der Waals surface area contributed by atoms with Gasteiger partial charge in [-0.25, -0.2) is 4.99 Å². The van der Waals surface area contributed by atoms with Crippen LogP contribution in [0.4, 0.5) is 0 Å². The monoisotopic (exact) mass is 268 g/mol. The fourth-order valence-corrected chi connectivity index (χ4v) is 2.00. The average molecular weight is 268 g/mol. The van der Waals surface area contributed by atoms with E-state index in [0.717, 1.165) is 12.5 Å². The lowest BCUT2D eigenvalue weighted by Gasteiger charge is -2.18. The van der Waals surface area contributed by atoms with E-state index in [2.05, 4.69) is 29.5 Å². The first-order chi connectivity index (χ1) is 8.99. The third kappa shape index (κ3) is 6.45. The molecule has 1 rings (SSSR count). The summed E-state index contributed by atoms with van der Waals surface area (Å²) < 4.78 is 0. The van der Waals surface area contributed by atoms with E-state index >= 15 is 0 Å². The molecule has 0 heterocycles. The van der Waals surface area contributed by atoms with Crippen LogP contribution < -0.4 is 10.6 Å². The van der Waals surface area contributed by atoms with Crippen LogP contribution in [0.2, 0.25) is 0 Å². The van der Waals surface area contributed by atoms with Gasteiger partial charge in [-0.2, -0.15) is 0 Å². The van der Waals surface area contributed by atoms with Crippen molar-refractivity contribution < 1.29 is 4.79 Å². The lowest BCUT2D eigenvalue weighted by Crippen LogP contribution is -2.44. The molecule has 0 radical (unpaired) electrons. The van der Waals surface area contributed by atoms with Crippen molar-refractivity contribution in [3.05, 3.63) is 0 Å². The van der Waals surface area contributed by atoms with E-state index in [1.807, 2.05) is 0 Å². The standard InChI is InChI=1S/C14H28N4O/c1-11(2)9-15-14(16-10-13(19)18(3)4)17-12-7-5-6-8-12/h11-12H,5-10H2,1-4H3,(H2,15,16,17). The maximum absolute atomic E-state index is 11.6. The van der Waals surface area contributed by atoms with E-state index < -0.39 is 0 Å². The van der Waals surface area contributed by atoms with Crippen LogP contribution in [0.25, 0.3) is 0 Å². The van der Waals surface area contributed by atoms with Gasteiger partial charge in [-0.15, -0.1) is 0 Å². The van der Waals surface area contributed by atoms with Crippen molar-refractivity contribution in [1.82, 2.24) is 15.5 Å². The molecule has 1 aliphatic rings. The lowest BCUT2D eigenvalue weighted by molar-refractivity contribution is -0.127. The van der Waals surface area contributed by atoms with Gasteiger partial charge in [0.15, 0.2) is 5.96 Å². The Morgan fingerprint density at radius 1 is 1.32 bits per heavy atom. The van der Waals surface area contributed by atoms with Gasteiger partial charge >= 0.3 is 0 Å². The highest BCUT2D eigenvalue weighted by molar-refractivity contribution is 5.84. The number of rotatable bonds is 5. The van der Waals surface area contributed by atoms with Gasteiger partial charge in [-0.3, -0.25) is 4.79 Å². The summed E-state index contributed by atoms with van der Waals surface area (Å²) in [6.07, 6.45) is 4.96. The zero-order valence-corrected chi connectivity index (χ0v) is 12.7. The first kappa shape index (κ1) is 15.8. The Morgan fingerprint density at radius 2 is 1.95 bits per heavy atom. The number of nitrogens with one attached hydrogen (secondary N) is 2. The minimum atomic E-state index is 0.0251. The van der Waals surface area contributed by atoms with Crippen molar-refractivity contribution in [1.29, 1.82) is 0 Å². The first-order valence-electron chi connectivity index (χ1n) is 7.24. The molecule has 0 spiro atoms. The van der Waals surface area contributed by atoms with Gasteiger partial charge in [0.05, 0.1) is 0 Å². The number of hydrogen-bond acceptors (Lipinski definition) is 2. The predicted molar refractivity (Wildman–Crippen MR) is 79.2 cm³/mol. The van der Waals surface area contributed by atoms with Crippen LogP contribution in [-0.4, -0.2) is 50.0 Å². The van der Waals surface area contributed by atoms with Crippen LogP contribution >= 0.6 is 0 Å². The number of carbonyl (C=O) groups is 1. The van der Waals surface area contributed by atoms with E-state index in [-0.39, 0.29) is 12.5 Å². The van der Waals surface area contributed by atoms with Crippen molar-refractivity contribution in [2.45, 2.75) is 45.6 Å². The number of aliphatic imine (C=N–C) groups is 1. The van der Waals surface area contributed by atoms with Gasteiger partial charge in [-0.05, 0) is 18.8 Å². The fraction of sp³-hybridized carbons (Fsp3) is 0.857. The molecule has 5 heteroatoms. The topological polar surface area (TPSA) is 56.7 Å². The van der Waals surface area contributed by atoms with E-state index in [0.29, 0.717) is 12.0 Å². The number of carbonyl (C=O) groups excluding carboxylic acids is 1. The van der Waals surface area contributed by atoms with E-state index in [9.17, 15) is 4.79 Å². The molecule has 110 valence electrons. The van der Waals surface area contributed by atoms with Gasteiger partial charge in [0.25, 0.3) is 0 Å². The maximum Gasteiger partial charge on any atom is 0.243 e. The summed E-state index contributed by atoms with van der Waals surface area (Å²) in [4.78, 5) is 17.5. The van der Waals surface area contributed by atoms with Crippen LogP contribution in [0.3, 0.4) is 0 Å².